The van der Waals surface area contributed by atoms with Crippen LogP contribution in [0.1, 0.15) is 29.5 Å². The number of aromatic nitrogens is 1. The number of nitrogens with one attached hydrogen (secondary N) is 1. The number of rotatable bonds is 7. The van der Waals surface area contributed by atoms with Gasteiger partial charge in [0.2, 0.25) is 0 Å². The topological polar surface area (TPSA) is 77.5 Å². The quantitative estimate of drug-likeness (QED) is 0.680. The minimum Gasteiger partial charge on any atom is -0.493 e. The van der Waals surface area contributed by atoms with E-state index in [0.29, 0.717) is 18.1 Å². The summed E-state index contributed by atoms with van der Waals surface area (Å²) in [5.74, 6) is 1.72. The van der Waals surface area contributed by atoms with E-state index in [9.17, 15) is 8.42 Å². The number of ether oxygens (including phenoxy) is 2. The minimum absolute atomic E-state index is 0.0190. The van der Waals surface area contributed by atoms with Crippen LogP contribution in [0.4, 0.5) is 5.82 Å². The second-order valence-corrected chi connectivity index (χ2v) is 9.79. The number of aryl methyl sites for hydroxylation is 1. The number of allylic oxidation sites excluding steroid dienone is 2. The smallest absolute Gasteiger partial charge is 0.178 e. The molecule has 0 spiro atoms. The highest BCUT2D eigenvalue weighted by atomic mass is 32.2. The molecule has 30 heavy (non-hydrogen) atoms. The molecule has 2 unspecified atom stereocenters. The van der Waals surface area contributed by atoms with Gasteiger partial charge in [-0.15, -0.1) is 0 Å². The third-order valence-electron chi connectivity index (χ3n) is 5.55. The van der Waals surface area contributed by atoms with Gasteiger partial charge in [-0.05, 0) is 41.8 Å². The second kappa shape index (κ2) is 8.24. The summed E-state index contributed by atoms with van der Waals surface area (Å²) in [6.07, 6.45) is 5.83. The molecule has 1 aliphatic heterocycles. The predicted molar refractivity (Wildman–Crippen MR) is 117 cm³/mol. The summed E-state index contributed by atoms with van der Waals surface area (Å²) < 4.78 is 35.9. The van der Waals surface area contributed by atoms with Crippen LogP contribution >= 0.6 is 0 Å². The maximum Gasteiger partial charge on any atom is 0.178 e. The van der Waals surface area contributed by atoms with Crippen molar-refractivity contribution in [2.75, 3.05) is 31.4 Å². The van der Waals surface area contributed by atoms with Gasteiger partial charge >= 0.3 is 0 Å². The van der Waals surface area contributed by atoms with Gasteiger partial charge in [0.25, 0.3) is 0 Å². The summed E-state index contributed by atoms with van der Waals surface area (Å²) in [4.78, 5) is 4.92. The fourth-order valence-electron chi connectivity index (χ4n) is 4.01. The lowest BCUT2D eigenvalue weighted by molar-refractivity contribution is 0.103. The Bertz CT molecular complexity index is 1120. The Morgan fingerprint density at radius 2 is 2.00 bits per heavy atom. The van der Waals surface area contributed by atoms with Crippen molar-refractivity contribution in [2.45, 2.75) is 30.7 Å². The number of sulfone groups is 1. The fraction of sp³-hybridized carbons (Fsp3) is 0.348. The molecule has 1 N–H and O–H groups in total. The normalized spacial score (nSPS) is 20.0. The third-order valence-corrected chi connectivity index (χ3v) is 7.28. The molecule has 6 nitrogen and oxygen atoms in total. The van der Waals surface area contributed by atoms with Crippen LogP contribution < -0.4 is 5.32 Å². The summed E-state index contributed by atoms with van der Waals surface area (Å²) in [6.45, 7) is 4.65. The molecular formula is C23H26N2O4S. The average Bonchev–Trinajstić information content (AvgIpc) is 3.13. The Kier molecular flexibility index (Phi) is 5.66. The maximum absolute atomic E-state index is 12.4. The van der Waals surface area contributed by atoms with Crippen molar-refractivity contribution >= 4 is 21.2 Å². The largest absolute Gasteiger partial charge is 0.493 e. The molecule has 1 aliphatic carbocycles. The molecule has 0 saturated heterocycles. The Morgan fingerprint density at radius 3 is 2.77 bits per heavy atom. The van der Waals surface area contributed by atoms with E-state index in [-0.39, 0.29) is 17.7 Å². The van der Waals surface area contributed by atoms with Crippen LogP contribution in [-0.4, -0.2) is 45.5 Å². The number of methoxy groups -OCH3 is 1. The lowest BCUT2D eigenvalue weighted by Gasteiger charge is -2.29. The molecule has 4 rings (SSSR count). The van der Waals surface area contributed by atoms with Gasteiger partial charge in [0, 0.05) is 24.8 Å². The molecule has 2 aliphatic rings. The zero-order valence-corrected chi connectivity index (χ0v) is 18.2. The molecule has 1 aromatic carbocycles. The van der Waals surface area contributed by atoms with Crippen LogP contribution in [-0.2, 0) is 19.3 Å². The van der Waals surface area contributed by atoms with Crippen LogP contribution in [0.25, 0.3) is 5.57 Å². The zero-order chi connectivity index (χ0) is 21.3. The lowest BCUT2D eigenvalue weighted by Crippen LogP contribution is -2.28. The highest BCUT2D eigenvalue weighted by molar-refractivity contribution is 7.91. The maximum atomic E-state index is 12.4. The zero-order valence-electron chi connectivity index (χ0n) is 17.4. The lowest BCUT2D eigenvalue weighted by atomic mass is 9.80. The van der Waals surface area contributed by atoms with Crippen LogP contribution in [0.15, 0.2) is 59.3 Å². The van der Waals surface area contributed by atoms with Crippen LogP contribution in [0.5, 0.6) is 0 Å². The van der Waals surface area contributed by atoms with Gasteiger partial charge in [-0.3, -0.25) is 0 Å². The molecule has 0 radical (unpaired) electrons. The Labute approximate surface area is 177 Å². The van der Waals surface area contributed by atoms with Crippen molar-refractivity contribution in [3.05, 3.63) is 71.1 Å². The van der Waals surface area contributed by atoms with Crippen molar-refractivity contribution in [3.63, 3.8) is 0 Å². The molecule has 0 bridgehead atoms. The summed E-state index contributed by atoms with van der Waals surface area (Å²) in [7, 11) is -1.64. The average molecular weight is 427 g/mol. The molecule has 158 valence electrons. The van der Waals surface area contributed by atoms with Gasteiger partial charge in [0.15, 0.2) is 9.84 Å². The van der Waals surface area contributed by atoms with E-state index in [4.69, 9.17) is 9.47 Å². The second-order valence-electron chi connectivity index (χ2n) is 7.51. The first kappa shape index (κ1) is 20.6. The fourth-order valence-corrected chi connectivity index (χ4v) is 4.94. The van der Waals surface area contributed by atoms with E-state index in [0.717, 1.165) is 33.8 Å². The third kappa shape index (κ3) is 3.75. The van der Waals surface area contributed by atoms with Crippen LogP contribution in [0.3, 0.4) is 0 Å². The predicted octanol–water partition coefficient (Wildman–Crippen LogP) is 3.71. The number of hydrogen-bond donors (Lipinski definition) is 1. The summed E-state index contributed by atoms with van der Waals surface area (Å²) >= 11 is 0. The van der Waals surface area contributed by atoms with Crippen molar-refractivity contribution in [1.29, 1.82) is 0 Å². The van der Waals surface area contributed by atoms with Crippen molar-refractivity contribution in [1.82, 2.24) is 4.98 Å². The number of nitrogens with zero attached hydrogens (tertiary/aromatic N) is 1. The highest BCUT2D eigenvalue weighted by Crippen LogP contribution is 2.48. The van der Waals surface area contributed by atoms with Gasteiger partial charge in [0.1, 0.15) is 18.2 Å². The first-order valence-electron chi connectivity index (χ1n) is 10.0. The summed E-state index contributed by atoms with van der Waals surface area (Å²) in [5, 5.41) is 3.49. The number of fused-ring (bicyclic) bond motifs is 3. The first-order valence-corrected chi connectivity index (χ1v) is 11.7. The van der Waals surface area contributed by atoms with E-state index in [2.05, 4.69) is 16.4 Å². The molecule has 2 atom stereocenters. The molecular weight excluding hydrogens is 400 g/mol. The van der Waals surface area contributed by atoms with E-state index in [1.165, 1.54) is 0 Å². The van der Waals surface area contributed by atoms with Crippen LogP contribution in [0, 0.1) is 6.92 Å². The number of anilines is 1. The first-order chi connectivity index (χ1) is 14.4. The van der Waals surface area contributed by atoms with Crippen molar-refractivity contribution in [2.24, 2.45) is 0 Å². The molecule has 2 aromatic rings. The van der Waals surface area contributed by atoms with E-state index < -0.39 is 9.84 Å². The Hall–Kier alpha value is -2.64. The molecule has 1 aromatic heterocycles. The number of benzene rings is 1. The van der Waals surface area contributed by atoms with Crippen molar-refractivity contribution in [3.8, 4) is 0 Å². The van der Waals surface area contributed by atoms with E-state index in [1.54, 1.807) is 32.2 Å². The molecule has 0 amide bonds. The van der Waals surface area contributed by atoms with E-state index >= 15 is 0 Å². The van der Waals surface area contributed by atoms with Crippen LogP contribution in [0.2, 0.25) is 0 Å². The number of pyridine rings is 1. The number of hydrogen-bond acceptors (Lipinski definition) is 6. The molecule has 2 heterocycles. The highest BCUT2D eigenvalue weighted by Gasteiger charge is 2.41. The molecule has 0 saturated carbocycles. The Morgan fingerprint density at radius 1 is 1.17 bits per heavy atom. The minimum atomic E-state index is -3.28. The van der Waals surface area contributed by atoms with E-state index in [1.807, 2.05) is 31.3 Å². The standard InChI is InChI=1S/C23H26N2O4S/c1-4-30(26,27)17-7-5-6-16(13-17)18-8-9-20(29-11-10-28-3)22-21(18)19-12-15(2)14-24-23(19)25-22/h5-9,12-14,21-22H,4,10-11H2,1-3H3,(H,24,25). The van der Waals surface area contributed by atoms with Gasteiger partial charge < -0.3 is 14.8 Å². The van der Waals surface area contributed by atoms with Gasteiger partial charge in [-0.1, -0.05) is 31.2 Å². The van der Waals surface area contributed by atoms with Gasteiger partial charge in [0.05, 0.1) is 23.3 Å². The summed E-state index contributed by atoms with van der Waals surface area (Å²) in [5.41, 5.74) is 4.11. The van der Waals surface area contributed by atoms with Gasteiger partial charge in [-0.25, -0.2) is 13.4 Å². The summed E-state index contributed by atoms with van der Waals surface area (Å²) in [6, 6.07) is 9.23. The van der Waals surface area contributed by atoms with Crippen molar-refractivity contribution < 1.29 is 17.9 Å². The monoisotopic (exact) mass is 426 g/mol. The SMILES string of the molecule is CCS(=O)(=O)c1cccc(C2=CC=C(OCCOC)C3Nc4ncc(C)cc4C23)c1. The molecule has 0 fully saturated rings. The molecule has 7 heteroatoms. The van der Waals surface area contributed by atoms with Gasteiger partial charge in [-0.2, -0.15) is 0 Å². The Balaban J connectivity index is 1.79.